The number of pyridine rings is 1. The summed E-state index contributed by atoms with van der Waals surface area (Å²) in [5.74, 6) is 1.24. The smallest absolute Gasteiger partial charge is 0.195 e. The highest BCUT2D eigenvalue weighted by atomic mass is 32.2. The fourth-order valence-corrected chi connectivity index (χ4v) is 2.48. The number of ketones is 1. The van der Waals surface area contributed by atoms with Crippen LogP contribution >= 0.6 is 11.8 Å². The third kappa shape index (κ3) is 3.30. The predicted molar refractivity (Wildman–Crippen MR) is 68.2 cm³/mol. The summed E-state index contributed by atoms with van der Waals surface area (Å²) in [4.78, 5) is 10.8. The normalized spacial score (nSPS) is 10.9. The highest BCUT2D eigenvalue weighted by Gasteiger charge is 2.04. The number of rotatable bonds is 6. The van der Waals surface area contributed by atoms with E-state index in [2.05, 4.69) is 10.2 Å². The van der Waals surface area contributed by atoms with Crippen molar-refractivity contribution in [2.24, 2.45) is 0 Å². The summed E-state index contributed by atoms with van der Waals surface area (Å²) in [5.41, 5.74) is 0.874. The summed E-state index contributed by atoms with van der Waals surface area (Å²) >= 11 is 1.69. The van der Waals surface area contributed by atoms with Crippen molar-refractivity contribution in [3.05, 3.63) is 24.4 Å². The van der Waals surface area contributed by atoms with Gasteiger partial charge in [-0.2, -0.15) is 0 Å². The van der Waals surface area contributed by atoms with Crippen LogP contribution in [0.4, 0.5) is 0 Å². The van der Waals surface area contributed by atoms with Crippen LogP contribution in [0, 0.1) is 0 Å². The molecule has 0 aliphatic heterocycles. The molecule has 0 saturated carbocycles. The highest BCUT2D eigenvalue weighted by Crippen LogP contribution is 2.18. The number of nitrogens with zero attached hydrogens (tertiary/aromatic N) is 3. The van der Waals surface area contributed by atoms with Crippen LogP contribution in [-0.2, 0) is 4.79 Å². The number of fused-ring (bicyclic) bond motifs is 1. The van der Waals surface area contributed by atoms with Gasteiger partial charge in [-0.3, -0.25) is 4.40 Å². The summed E-state index contributed by atoms with van der Waals surface area (Å²) in [6, 6.07) is 5.86. The van der Waals surface area contributed by atoms with Crippen LogP contribution in [0.2, 0.25) is 0 Å². The second kappa shape index (κ2) is 5.82. The molecule has 0 aliphatic carbocycles. The van der Waals surface area contributed by atoms with E-state index in [0.717, 1.165) is 29.4 Å². The number of carbonyl (C=O) groups is 1. The molecule has 2 heterocycles. The van der Waals surface area contributed by atoms with Crippen molar-refractivity contribution in [3.8, 4) is 0 Å². The maximum absolute atomic E-state index is 10.8. The van der Waals surface area contributed by atoms with E-state index in [1.54, 1.807) is 18.7 Å². The Hall–Kier alpha value is -1.36. The number of hydrogen-bond acceptors (Lipinski definition) is 4. The standard InChI is InChI=1S/C12H15N3OS/c1-10(16)6-3-5-9-17-12-14-13-11-7-2-4-8-15(11)12/h2,4,7-8H,3,5-6,9H2,1H3. The number of Topliss-reactive ketones (excluding diaryl/α,β-unsaturated/α-hetero) is 1. The fourth-order valence-electron chi connectivity index (χ4n) is 1.56. The number of aromatic nitrogens is 3. The SMILES string of the molecule is CC(=O)CCCCSc1nnc2ccccn12. The molecule has 2 rings (SSSR count). The van der Waals surface area contributed by atoms with Gasteiger partial charge >= 0.3 is 0 Å². The van der Waals surface area contributed by atoms with Gasteiger partial charge in [-0.05, 0) is 31.9 Å². The van der Waals surface area contributed by atoms with Gasteiger partial charge in [-0.15, -0.1) is 10.2 Å². The Morgan fingerprint density at radius 1 is 1.35 bits per heavy atom. The quantitative estimate of drug-likeness (QED) is 0.583. The summed E-state index contributed by atoms with van der Waals surface area (Å²) in [6.45, 7) is 1.64. The van der Waals surface area contributed by atoms with Gasteiger partial charge in [0, 0.05) is 18.4 Å². The molecule has 0 aliphatic rings. The van der Waals surface area contributed by atoms with E-state index in [1.807, 2.05) is 28.8 Å². The van der Waals surface area contributed by atoms with Gasteiger partial charge in [0.25, 0.3) is 0 Å². The Morgan fingerprint density at radius 3 is 3.06 bits per heavy atom. The minimum atomic E-state index is 0.267. The monoisotopic (exact) mass is 249 g/mol. The van der Waals surface area contributed by atoms with E-state index in [-0.39, 0.29) is 5.78 Å². The zero-order chi connectivity index (χ0) is 12.1. The van der Waals surface area contributed by atoms with Crippen molar-refractivity contribution < 1.29 is 4.79 Å². The Balaban J connectivity index is 1.85. The van der Waals surface area contributed by atoms with Gasteiger partial charge in [0.05, 0.1) is 0 Å². The molecular formula is C12H15N3OS. The Kier molecular flexibility index (Phi) is 4.14. The second-order valence-corrected chi connectivity index (χ2v) is 4.98. The van der Waals surface area contributed by atoms with Gasteiger partial charge < -0.3 is 4.79 Å². The first-order chi connectivity index (χ1) is 8.27. The maximum atomic E-state index is 10.8. The first-order valence-electron chi connectivity index (χ1n) is 5.69. The summed E-state index contributed by atoms with van der Waals surface area (Å²) < 4.78 is 1.98. The molecule has 0 spiro atoms. The lowest BCUT2D eigenvalue weighted by Gasteiger charge is -1.99. The maximum Gasteiger partial charge on any atom is 0.195 e. The predicted octanol–water partition coefficient (Wildman–Crippen LogP) is 2.58. The van der Waals surface area contributed by atoms with Crippen molar-refractivity contribution in [2.75, 3.05) is 5.75 Å². The molecule has 2 aromatic heterocycles. The Bertz CT molecular complexity index is 509. The first-order valence-corrected chi connectivity index (χ1v) is 6.68. The number of hydrogen-bond donors (Lipinski definition) is 0. The van der Waals surface area contributed by atoms with Crippen LogP contribution in [0.1, 0.15) is 26.2 Å². The largest absolute Gasteiger partial charge is 0.300 e. The molecule has 4 nitrogen and oxygen atoms in total. The van der Waals surface area contributed by atoms with Crippen LogP contribution in [0.5, 0.6) is 0 Å². The molecule has 0 bridgehead atoms. The average Bonchev–Trinajstić information content (AvgIpc) is 2.72. The fraction of sp³-hybridized carbons (Fsp3) is 0.417. The van der Waals surface area contributed by atoms with Crippen LogP contribution in [0.25, 0.3) is 5.65 Å². The van der Waals surface area contributed by atoms with E-state index in [1.165, 1.54) is 0 Å². The number of carbonyl (C=O) groups excluding carboxylic acids is 1. The van der Waals surface area contributed by atoms with Crippen LogP contribution in [0.3, 0.4) is 0 Å². The van der Waals surface area contributed by atoms with Gasteiger partial charge in [-0.25, -0.2) is 0 Å². The van der Waals surface area contributed by atoms with Gasteiger partial charge in [0.2, 0.25) is 0 Å². The molecule has 0 unspecified atom stereocenters. The number of unbranched alkanes of at least 4 members (excludes halogenated alkanes) is 1. The summed E-state index contributed by atoms with van der Waals surface area (Å²) in [6.07, 6.45) is 4.64. The molecular weight excluding hydrogens is 234 g/mol. The van der Waals surface area contributed by atoms with Crippen molar-refractivity contribution in [3.63, 3.8) is 0 Å². The van der Waals surface area contributed by atoms with Crippen LogP contribution in [0.15, 0.2) is 29.6 Å². The van der Waals surface area contributed by atoms with Gasteiger partial charge in [0.1, 0.15) is 5.78 Å². The molecule has 90 valence electrons. The zero-order valence-electron chi connectivity index (χ0n) is 9.80. The lowest BCUT2D eigenvalue weighted by atomic mass is 10.2. The molecule has 0 saturated heterocycles. The van der Waals surface area contributed by atoms with E-state index < -0.39 is 0 Å². The van der Waals surface area contributed by atoms with E-state index >= 15 is 0 Å². The van der Waals surface area contributed by atoms with Gasteiger partial charge in [0.15, 0.2) is 10.8 Å². The van der Waals surface area contributed by atoms with Crippen LogP contribution < -0.4 is 0 Å². The average molecular weight is 249 g/mol. The summed E-state index contributed by atoms with van der Waals surface area (Å²) in [7, 11) is 0. The van der Waals surface area contributed by atoms with Crippen LogP contribution in [-0.4, -0.2) is 26.1 Å². The van der Waals surface area contributed by atoms with Gasteiger partial charge in [-0.1, -0.05) is 17.8 Å². The first kappa shape index (κ1) is 12.1. The lowest BCUT2D eigenvalue weighted by Crippen LogP contribution is -1.91. The minimum absolute atomic E-state index is 0.267. The molecule has 0 aromatic carbocycles. The topological polar surface area (TPSA) is 47.3 Å². The van der Waals surface area contributed by atoms with Crippen molar-refractivity contribution in [1.82, 2.24) is 14.6 Å². The highest BCUT2D eigenvalue weighted by molar-refractivity contribution is 7.99. The molecule has 0 atom stereocenters. The van der Waals surface area contributed by atoms with Crippen molar-refractivity contribution >= 4 is 23.2 Å². The second-order valence-electron chi connectivity index (χ2n) is 3.92. The molecule has 0 fully saturated rings. The molecule has 5 heteroatoms. The third-order valence-electron chi connectivity index (χ3n) is 2.44. The lowest BCUT2D eigenvalue weighted by molar-refractivity contribution is -0.117. The van der Waals surface area contributed by atoms with E-state index in [0.29, 0.717) is 6.42 Å². The zero-order valence-corrected chi connectivity index (χ0v) is 10.6. The third-order valence-corrected chi connectivity index (χ3v) is 3.47. The Labute approximate surface area is 104 Å². The number of thioether (sulfide) groups is 1. The van der Waals surface area contributed by atoms with E-state index in [4.69, 9.17) is 0 Å². The molecule has 0 amide bonds. The molecule has 17 heavy (non-hydrogen) atoms. The Morgan fingerprint density at radius 2 is 2.24 bits per heavy atom. The molecule has 0 N–H and O–H groups in total. The molecule has 0 radical (unpaired) electrons. The summed E-state index contributed by atoms with van der Waals surface area (Å²) in [5, 5.41) is 9.14. The minimum Gasteiger partial charge on any atom is -0.300 e. The molecule has 2 aromatic rings. The van der Waals surface area contributed by atoms with E-state index in [9.17, 15) is 4.79 Å². The van der Waals surface area contributed by atoms with Crippen molar-refractivity contribution in [1.29, 1.82) is 0 Å². The van der Waals surface area contributed by atoms with Crippen molar-refractivity contribution in [2.45, 2.75) is 31.3 Å².